The summed E-state index contributed by atoms with van der Waals surface area (Å²) >= 11 is 6.24. The third-order valence-electron chi connectivity index (χ3n) is 5.16. The van der Waals surface area contributed by atoms with E-state index < -0.39 is 21.7 Å². The van der Waals surface area contributed by atoms with Crippen molar-refractivity contribution in [3.63, 3.8) is 0 Å². The molecule has 0 amide bonds. The van der Waals surface area contributed by atoms with Crippen molar-refractivity contribution in [2.45, 2.75) is 17.5 Å². The second kappa shape index (κ2) is 8.22. The Morgan fingerprint density at radius 2 is 1.53 bits per heavy atom. The minimum atomic E-state index is -4.54. The molecule has 0 bridgehead atoms. The van der Waals surface area contributed by atoms with E-state index in [1.165, 1.54) is 6.07 Å². The molecule has 4 rings (SSSR count). The molecule has 1 heterocycles. The van der Waals surface area contributed by atoms with Gasteiger partial charge in [0.2, 0.25) is 0 Å². The van der Waals surface area contributed by atoms with Crippen molar-refractivity contribution in [2.75, 3.05) is 6.26 Å². The minimum absolute atomic E-state index is 0.196. The lowest BCUT2D eigenvalue weighted by molar-refractivity contribution is -0.0595. The molecule has 3 aromatic carbocycles. The number of benzene rings is 3. The largest absolute Gasteiger partial charge is 0.429 e. The molecule has 8 heteroatoms. The van der Waals surface area contributed by atoms with Crippen molar-refractivity contribution >= 4 is 38.4 Å². The lowest BCUT2D eigenvalue weighted by atomic mass is 9.95. The van der Waals surface area contributed by atoms with Gasteiger partial charge in [-0.25, -0.2) is 13.4 Å². The van der Waals surface area contributed by atoms with Crippen LogP contribution in [0, 0.1) is 0 Å². The first-order chi connectivity index (χ1) is 15.0. The van der Waals surface area contributed by atoms with Crippen molar-refractivity contribution in [1.82, 2.24) is 0 Å². The predicted molar refractivity (Wildman–Crippen MR) is 121 cm³/mol. The van der Waals surface area contributed by atoms with E-state index >= 15 is 0 Å². The maximum atomic E-state index is 13.4. The van der Waals surface area contributed by atoms with Gasteiger partial charge in [-0.15, -0.1) is 0 Å². The Hall–Kier alpha value is -2.90. The van der Waals surface area contributed by atoms with Crippen LogP contribution in [-0.4, -0.2) is 26.6 Å². The summed E-state index contributed by atoms with van der Waals surface area (Å²) in [7, 11) is -3.36. The molecule has 0 unspecified atom stereocenters. The van der Waals surface area contributed by atoms with Crippen molar-refractivity contribution in [3.8, 4) is 11.1 Å². The van der Waals surface area contributed by atoms with Gasteiger partial charge in [0, 0.05) is 23.3 Å². The van der Waals surface area contributed by atoms with E-state index in [0.717, 1.165) is 11.8 Å². The molecule has 0 saturated carbocycles. The lowest BCUT2D eigenvalue weighted by Gasteiger charge is -2.10. The van der Waals surface area contributed by atoms with Crippen LogP contribution in [0.3, 0.4) is 0 Å². The Morgan fingerprint density at radius 3 is 2.16 bits per heavy atom. The van der Waals surface area contributed by atoms with Crippen molar-refractivity contribution < 1.29 is 21.6 Å². The summed E-state index contributed by atoms with van der Waals surface area (Å²) < 4.78 is 63.9. The van der Waals surface area contributed by atoms with Crippen LogP contribution in [0.2, 0.25) is 5.02 Å². The van der Waals surface area contributed by atoms with Crippen LogP contribution in [0.4, 0.5) is 13.2 Å². The molecule has 3 aromatic rings. The van der Waals surface area contributed by atoms with E-state index in [1.54, 1.807) is 66.7 Å². The van der Waals surface area contributed by atoms with Gasteiger partial charge < -0.3 is 0 Å². The summed E-state index contributed by atoms with van der Waals surface area (Å²) in [5.74, 6) is 0. The second-order valence-corrected chi connectivity index (χ2v) is 9.84. The zero-order valence-corrected chi connectivity index (χ0v) is 18.4. The number of nitrogens with zero attached hydrogens (tertiary/aromatic N) is 1. The average Bonchev–Trinajstić information content (AvgIpc) is 3.19. The molecular formula is C24H17ClF3NO2S. The number of hydrogen-bond acceptors (Lipinski definition) is 3. The molecule has 1 aliphatic heterocycles. The smallest absolute Gasteiger partial charge is 0.247 e. The zero-order valence-electron chi connectivity index (χ0n) is 16.8. The van der Waals surface area contributed by atoms with Crippen LogP contribution in [0.5, 0.6) is 0 Å². The number of hydrogen-bond donors (Lipinski definition) is 0. The SMILES string of the molecule is CS(=O)(=O)c1cccc(-c2ccc(C3=C(c4ccccc4Cl)N=C(C(F)(F)F)C3)cc2)c1. The lowest BCUT2D eigenvalue weighted by Crippen LogP contribution is -2.21. The maximum Gasteiger partial charge on any atom is 0.429 e. The van der Waals surface area contributed by atoms with E-state index in [1.807, 2.05) is 0 Å². The van der Waals surface area contributed by atoms with Crippen LogP contribution in [0.25, 0.3) is 22.4 Å². The van der Waals surface area contributed by atoms with Gasteiger partial charge >= 0.3 is 6.18 Å². The van der Waals surface area contributed by atoms with Gasteiger partial charge in [0.05, 0.1) is 10.6 Å². The normalized spacial score (nSPS) is 14.6. The molecule has 0 aromatic heterocycles. The summed E-state index contributed by atoms with van der Waals surface area (Å²) in [5.41, 5.74) is 2.23. The molecule has 0 saturated heterocycles. The van der Waals surface area contributed by atoms with E-state index in [9.17, 15) is 21.6 Å². The molecule has 0 atom stereocenters. The Bertz CT molecular complexity index is 1360. The highest BCUT2D eigenvalue weighted by atomic mass is 35.5. The third kappa shape index (κ3) is 4.49. The summed E-state index contributed by atoms with van der Waals surface area (Å²) in [6, 6.07) is 20.1. The molecule has 164 valence electrons. The third-order valence-corrected chi connectivity index (χ3v) is 6.60. The summed E-state index contributed by atoms with van der Waals surface area (Å²) in [5, 5.41) is 0.321. The van der Waals surface area contributed by atoms with Crippen LogP contribution in [0.1, 0.15) is 17.5 Å². The van der Waals surface area contributed by atoms with Gasteiger partial charge in [0.15, 0.2) is 9.84 Å². The highest BCUT2D eigenvalue weighted by molar-refractivity contribution is 7.90. The van der Waals surface area contributed by atoms with Crippen LogP contribution >= 0.6 is 11.6 Å². The first-order valence-electron chi connectivity index (χ1n) is 9.58. The number of aliphatic imine (C=N–C) groups is 1. The molecule has 0 radical (unpaired) electrons. The topological polar surface area (TPSA) is 46.5 Å². The molecule has 3 nitrogen and oxygen atoms in total. The molecule has 32 heavy (non-hydrogen) atoms. The van der Waals surface area contributed by atoms with Crippen LogP contribution in [-0.2, 0) is 9.84 Å². The standard InChI is InChI=1S/C24H17ClF3NO2S/c1-32(30,31)18-6-4-5-17(13-18)15-9-11-16(12-10-15)20-14-22(24(26,27)28)29-23(20)19-7-2-3-8-21(19)25/h2-13H,14H2,1H3. The van der Waals surface area contributed by atoms with Crippen LogP contribution < -0.4 is 0 Å². The fourth-order valence-corrected chi connectivity index (χ4v) is 4.43. The molecule has 0 spiro atoms. The van der Waals surface area contributed by atoms with Gasteiger partial charge in [-0.1, -0.05) is 66.2 Å². The highest BCUT2D eigenvalue weighted by Gasteiger charge is 2.40. The molecule has 0 aliphatic carbocycles. The monoisotopic (exact) mass is 475 g/mol. The second-order valence-electron chi connectivity index (χ2n) is 7.42. The van der Waals surface area contributed by atoms with E-state index in [4.69, 9.17) is 11.6 Å². The molecule has 0 N–H and O–H groups in total. The molecule has 0 fully saturated rings. The predicted octanol–water partition coefficient (Wildman–Crippen LogP) is 6.69. The Balaban J connectivity index is 1.76. The van der Waals surface area contributed by atoms with E-state index in [-0.39, 0.29) is 17.0 Å². The first-order valence-corrected chi connectivity index (χ1v) is 11.8. The quantitative estimate of drug-likeness (QED) is 0.422. The van der Waals surface area contributed by atoms with Crippen LogP contribution in [0.15, 0.2) is 82.7 Å². The van der Waals surface area contributed by atoms with Crippen molar-refractivity contribution in [1.29, 1.82) is 0 Å². The summed E-state index contributed by atoms with van der Waals surface area (Å²) in [4.78, 5) is 4.08. The Morgan fingerprint density at radius 1 is 0.875 bits per heavy atom. The number of sulfone groups is 1. The van der Waals surface area contributed by atoms with Crippen molar-refractivity contribution in [2.24, 2.45) is 4.99 Å². The molecule has 1 aliphatic rings. The first kappa shape index (κ1) is 22.3. The minimum Gasteiger partial charge on any atom is -0.247 e. The van der Waals surface area contributed by atoms with Crippen molar-refractivity contribution in [3.05, 3.63) is 88.9 Å². The highest BCUT2D eigenvalue weighted by Crippen LogP contribution is 2.41. The number of rotatable bonds is 4. The van der Waals surface area contributed by atoms with Gasteiger partial charge in [-0.05, 0) is 40.5 Å². The maximum absolute atomic E-state index is 13.4. The van der Waals surface area contributed by atoms with Gasteiger partial charge in [0.25, 0.3) is 0 Å². The van der Waals surface area contributed by atoms with Gasteiger partial charge in [-0.3, -0.25) is 0 Å². The fourth-order valence-electron chi connectivity index (χ4n) is 3.54. The zero-order chi connectivity index (χ0) is 23.1. The number of halogens is 4. The fraction of sp³-hybridized carbons (Fsp3) is 0.125. The Labute approximate surface area is 188 Å². The average molecular weight is 476 g/mol. The Kier molecular flexibility index (Phi) is 5.73. The van der Waals surface area contributed by atoms with E-state index in [2.05, 4.69) is 4.99 Å². The number of alkyl halides is 3. The molecular weight excluding hydrogens is 459 g/mol. The number of allylic oxidation sites excluding steroid dienone is 1. The van der Waals surface area contributed by atoms with Gasteiger partial charge in [0.1, 0.15) is 5.71 Å². The summed E-state index contributed by atoms with van der Waals surface area (Å²) in [6.07, 6.45) is -3.76. The van der Waals surface area contributed by atoms with Gasteiger partial charge in [-0.2, -0.15) is 13.2 Å². The van der Waals surface area contributed by atoms with E-state index in [0.29, 0.717) is 27.3 Å². The summed E-state index contributed by atoms with van der Waals surface area (Å²) in [6.45, 7) is 0.